The molecule has 2 amide bonds. The van der Waals surface area contributed by atoms with E-state index >= 15 is 0 Å². The molecule has 0 aromatic carbocycles. The third-order valence-electron chi connectivity index (χ3n) is 6.30. The van der Waals surface area contributed by atoms with Crippen molar-refractivity contribution in [1.82, 2.24) is 25.3 Å². The Bertz CT molecular complexity index is 1220. The van der Waals surface area contributed by atoms with E-state index in [4.69, 9.17) is 9.72 Å². The van der Waals surface area contributed by atoms with E-state index in [0.717, 1.165) is 22.5 Å². The molecule has 31 heavy (non-hydrogen) atoms. The number of nitrogens with zero attached hydrogens (tertiary/aromatic N) is 4. The molecule has 3 aromatic heterocycles. The van der Waals surface area contributed by atoms with Crippen molar-refractivity contribution in [3.63, 3.8) is 0 Å². The highest BCUT2D eigenvalue weighted by molar-refractivity contribution is 6.07. The second-order valence-electron chi connectivity index (χ2n) is 8.78. The van der Waals surface area contributed by atoms with Gasteiger partial charge in [-0.15, -0.1) is 0 Å². The van der Waals surface area contributed by atoms with Crippen LogP contribution in [0.2, 0.25) is 0 Å². The summed E-state index contributed by atoms with van der Waals surface area (Å²) in [5, 5.41) is 2.84. The standard InChI is InChI=1S/C22H24N6O3/c1-11(12-6-17(29)23-8-12)31-20-18-15(25-10-26-18)7-14(27-20)13-5-16-19(24-9-13)22(2,3)21(30)28(16)4/h5,7,9-12H,6,8H2,1-4H3,(H,23,29)(H,25,26)/t11-,12-/m1/s1. The number of aromatic nitrogens is 4. The lowest BCUT2D eigenvalue weighted by molar-refractivity contribution is -0.122. The number of pyridine rings is 2. The fraction of sp³-hybridized carbons (Fsp3) is 0.409. The lowest BCUT2D eigenvalue weighted by Crippen LogP contribution is -2.33. The fourth-order valence-corrected chi connectivity index (χ4v) is 4.34. The summed E-state index contributed by atoms with van der Waals surface area (Å²) in [4.78, 5) is 42.6. The van der Waals surface area contributed by atoms with Crippen molar-refractivity contribution in [2.45, 2.75) is 38.7 Å². The van der Waals surface area contributed by atoms with Crippen molar-refractivity contribution in [2.75, 3.05) is 18.5 Å². The van der Waals surface area contributed by atoms with Crippen LogP contribution in [0.1, 0.15) is 32.9 Å². The van der Waals surface area contributed by atoms with Crippen molar-refractivity contribution in [2.24, 2.45) is 5.92 Å². The first-order valence-electron chi connectivity index (χ1n) is 10.3. The van der Waals surface area contributed by atoms with E-state index < -0.39 is 5.41 Å². The molecule has 3 aromatic rings. The largest absolute Gasteiger partial charge is 0.473 e. The molecule has 0 radical (unpaired) electrons. The first kappa shape index (κ1) is 19.5. The van der Waals surface area contributed by atoms with Crippen LogP contribution in [0.15, 0.2) is 24.7 Å². The number of fused-ring (bicyclic) bond motifs is 2. The molecule has 2 aliphatic rings. The van der Waals surface area contributed by atoms with E-state index in [1.165, 1.54) is 0 Å². The molecule has 160 valence electrons. The number of anilines is 1. The van der Waals surface area contributed by atoms with Crippen molar-refractivity contribution >= 4 is 28.5 Å². The summed E-state index contributed by atoms with van der Waals surface area (Å²) in [5.41, 5.74) is 3.76. The summed E-state index contributed by atoms with van der Waals surface area (Å²) in [5.74, 6) is 0.543. The molecular weight excluding hydrogens is 396 g/mol. The van der Waals surface area contributed by atoms with Gasteiger partial charge in [0.1, 0.15) is 6.10 Å². The van der Waals surface area contributed by atoms with Gasteiger partial charge in [0.05, 0.1) is 34.3 Å². The van der Waals surface area contributed by atoms with Crippen molar-refractivity contribution in [1.29, 1.82) is 0 Å². The highest BCUT2D eigenvalue weighted by Gasteiger charge is 2.43. The summed E-state index contributed by atoms with van der Waals surface area (Å²) in [6, 6.07) is 3.83. The summed E-state index contributed by atoms with van der Waals surface area (Å²) in [6.45, 7) is 6.30. The number of ether oxygens (including phenoxy) is 1. The van der Waals surface area contributed by atoms with Crippen LogP contribution < -0.4 is 15.0 Å². The predicted molar refractivity (Wildman–Crippen MR) is 115 cm³/mol. The normalized spacial score (nSPS) is 20.8. The zero-order valence-corrected chi connectivity index (χ0v) is 17.9. The number of hydrogen-bond acceptors (Lipinski definition) is 6. The third-order valence-corrected chi connectivity index (χ3v) is 6.30. The topological polar surface area (TPSA) is 113 Å². The van der Waals surface area contributed by atoms with Crippen LogP contribution in [0.4, 0.5) is 5.69 Å². The lowest BCUT2D eigenvalue weighted by Gasteiger charge is -2.19. The molecule has 0 saturated carbocycles. The molecule has 5 heterocycles. The second kappa shape index (κ2) is 6.76. The average molecular weight is 420 g/mol. The summed E-state index contributed by atoms with van der Waals surface area (Å²) >= 11 is 0. The average Bonchev–Trinajstić information content (AvgIpc) is 3.44. The van der Waals surface area contributed by atoms with Gasteiger partial charge in [-0.2, -0.15) is 0 Å². The van der Waals surface area contributed by atoms with Gasteiger partial charge in [0.25, 0.3) is 0 Å². The maximum atomic E-state index is 12.6. The van der Waals surface area contributed by atoms with E-state index in [1.807, 2.05) is 32.9 Å². The molecule has 2 N–H and O–H groups in total. The van der Waals surface area contributed by atoms with Gasteiger partial charge in [-0.25, -0.2) is 9.97 Å². The maximum Gasteiger partial charge on any atom is 0.243 e. The number of hydrogen-bond donors (Lipinski definition) is 2. The van der Waals surface area contributed by atoms with Crippen LogP contribution in [-0.2, 0) is 15.0 Å². The number of carbonyl (C=O) groups excluding carboxylic acids is 2. The number of rotatable bonds is 4. The maximum absolute atomic E-state index is 12.6. The van der Waals surface area contributed by atoms with Crippen LogP contribution in [0.5, 0.6) is 5.88 Å². The predicted octanol–water partition coefficient (Wildman–Crippen LogP) is 2.18. The Balaban J connectivity index is 1.53. The lowest BCUT2D eigenvalue weighted by atomic mass is 9.90. The van der Waals surface area contributed by atoms with Gasteiger partial charge in [0, 0.05) is 37.7 Å². The minimum Gasteiger partial charge on any atom is -0.473 e. The Kier molecular flexibility index (Phi) is 4.25. The van der Waals surface area contributed by atoms with Gasteiger partial charge in [0.2, 0.25) is 17.7 Å². The van der Waals surface area contributed by atoms with Crippen molar-refractivity contribution in [3.8, 4) is 17.1 Å². The smallest absolute Gasteiger partial charge is 0.243 e. The SMILES string of the molecule is C[C@@H](Oc1nc(-c2cnc3c(c2)N(C)C(=O)C3(C)C)cc2[nH]cnc12)[C@H]1CNC(=O)C1. The summed E-state index contributed by atoms with van der Waals surface area (Å²) < 4.78 is 6.17. The Labute approximate surface area is 179 Å². The molecule has 5 rings (SSSR count). The minimum atomic E-state index is -0.653. The molecule has 0 aliphatic carbocycles. The van der Waals surface area contributed by atoms with E-state index in [9.17, 15) is 9.59 Å². The molecule has 2 atom stereocenters. The zero-order valence-electron chi connectivity index (χ0n) is 17.9. The Morgan fingerprint density at radius 3 is 2.81 bits per heavy atom. The molecule has 1 saturated heterocycles. The molecular formula is C22H24N6O3. The Morgan fingerprint density at radius 2 is 2.06 bits per heavy atom. The van der Waals surface area contributed by atoms with Crippen molar-refractivity contribution < 1.29 is 14.3 Å². The van der Waals surface area contributed by atoms with Crippen molar-refractivity contribution in [3.05, 3.63) is 30.4 Å². The minimum absolute atomic E-state index is 0.0155. The van der Waals surface area contributed by atoms with E-state index in [0.29, 0.717) is 30.1 Å². The number of imidazole rings is 1. The molecule has 9 nitrogen and oxygen atoms in total. The first-order valence-corrected chi connectivity index (χ1v) is 10.3. The van der Waals surface area contributed by atoms with Crippen LogP contribution >= 0.6 is 0 Å². The third kappa shape index (κ3) is 3.03. The van der Waals surface area contributed by atoms with Crippen LogP contribution in [0.25, 0.3) is 22.3 Å². The number of aromatic amines is 1. The van der Waals surface area contributed by atoms with Gasteiger partial charge < -0.3 is 19.9 Å². The second-order valence-corrected chi connectivity index (χ2v) is 8.78. The van der Waals surface area contributed by atoms with Gasteiger partial charge in [0.15, 0.2) is 5.52 Å². The number of carbonyl (C=O) groups is 2. The van der Waals surface area contributed by atoms with E-state index in [2.05, 4.69) is 20.3 Å². The van der Waals surface area contributed by atoms with E-state index in [-0.39, 0.29) is 23.8 Å². The Morgan fingerprint density at radius 1 is 1.26 bits per heavy atom. The van der Waals surface area contributed by atoms with E-state index in [1.54, 1.807) is 24.5 Å². The highest BCUT2D eigenvalue weighted by atomic mass is 16.5. The zero-order chi connectivity index (χ0) is 21.9. The fourth-order valence-electron chi connectivity index (χ4n) is 4.34. The van der Waals surface area contributed by atoms with Gasteiger partial charge in [-0.05, 0) is 32.9 Å². The van der Waals surface area contributed by atoms with Gasteiger partial charge in [-0.1, -0.05) is 0 Å². The quantitative estimate of drug-likeness (QED) is 0.669. The molecule has 1 fully saturated rings. The molecule has 0 unspecified atom stereocenters. The Hall–Kier alpha value is -3.49. The number of amides is 2. The first-order chi connectivity index (χ1) is 14.8. The molecule has 0 spiro atoms. The number of likely N-dealkylation sites (N-methyl/N-ethyl adjacent to an activating group) is 1. The van der Waals surface area contributed by atoms with Crippen LogP contribution in [0.3, 0.4) is 0 Å². The molecule has 0 bridgehead atoms. The summed E-state index contributed by atoms with van der Waals surface area (Å²) in [7, 11) is 1.76. The van der Waals surface area contributed by atoms with Crippen LogP contribution in [-0.4, -0.2) is 51.4 Å². The number of H-pyrrole nitrogens is 1. The molecule has 9 heteroatoms. The summed E-state index contributed by atoms with van der Waals surface area (Å²) in [6.07, 6.45) is 3.58. The highest BCUT2D eigenvalue weighted by Crippen LogP contribution is 2.41. The number of nitrogens with one attached hydrogen (secondary N) is 2. The van der Waals surface area contributed by atoms with Gasteiger partial charge >= 0.3 is 0 Å². The van der Waals surface area contributed by atoms with Crippen LogP contribution in [0, 0.1) is 5.92 Å². The molecule has 2 aliphatic heterocycles. The monoisotopic (exact) mass is 420 g/mol. The van der Waals surface area contributed by atoms with Gasteiger partial charge in [-0.3, -0.25) is 14.6 Å².